The topological polar surface area (TPSA) is 60.2 Å². The fraction of sp³-hybridized carbons (Fsp3) is 0.818. The van der Waals surface area contributed by atoms with Gasteiger partial charge in [0.15, 0.2) is 11.8 Å². The summed E-state index contributed by atoms with van der Waals surface area (Å²) in [6, 6.07) is -0.645. The van der Waals surface area contributed by atoms with Crippen molar-refractivity contribution in [2.75, 3.05) is 13.6 Å². The van der Waals surface area contributed by atoms with Crippen LogP contribution >= 0.6 is 0 Å². The van der Waals surface area contributed by atoms with Crippen LogP contribution in [0.25, 0.3) is 0 Å². The van der Waals surface area contributed by atoms with Gasteiger partial charge in [0.05, 0.1) is 13.6 Å². The number of carbonyl (C=O) groups excluding carboxylic acids is 2. The van der Waals surface area contributed by atoms with Crippen LogP contribution in [0.3, 0.4) is 0 Å². The Morgan fingerprint density at radius 3 is 2.60 bits per heavy atom. The highest BCUT2D eigenvalue weighted by Crippen LogP contribution is 2.27. The van der Waals surface area contributed by atoms with Gasteiger partial charge in [0, 0.05) is 19.3 Å². The lowest BCUT2D eigenvalue weighted by molar-refractivity contribution is -0.837. The van der Waals surface area contributed by atoms with Crippen LogP contribution in [0.4, 0.5) is 0 Å². The summed E-state index contributed by atoms with van der Waals surface area (Å²) in [6.45, 7) is 4.29. The fourth-order valence-corrected chi connectivity index (χ4v) is 2.50. The van der Waals surface area contributed by atoms with E-state index in [2.05, 4.69) is 0 Å². The van der Waals surface area contributed by atoms with Gasteiger partial charge in [0.1, 0.15) is 6.04 Å². The molecule has 1 fully saturated rings. The molecule has 86 valence electrons. The van der Waals surface area contributed by atoms with Crippen LogP contribution in [0.2, 0.25) is 0 Å². The van der Waals surface area contributed by atoms with E-state index in [0.29, 0.717) is 6.42 Å². The summed E-state index contributed by atoms with van der Waals surface area (Å²) in [7, 11) is 1.84. The second kappa shape index (κ2) is 4.41. The average Bonchev–Trinajstić information content (AvgIpc) is 2.59. The Balaban J connectivity index is 2.91. The van der Waals surface area contributed by atoms with Gasteiger partial charge in [-0.15, -0.1) is 0 Å². The fourth-order valence-electron chi connectivity index (χ4n) is 2.50. The van der Waals surface area contributed by atoms with Crippen molar-refractivity contribution >= 4 is 11.7 Å². The van der Waals surface area contributed by atoms with Gasteiger partial charge >= 0.3 is 5.91 Å². The zero-order valence-electron chi connectivity index (χ0n) is 9.82. The highest BCUT2D eigenvalue weighted by atomic mass is 16.2. The molecule has 1 rings (SSSR count). The minimum atomic E-state index is -0.486. The van der Waals surface area contributed by atoms with E-state index in [1.807, 2.05) is 14.0 Å². The summed E-state index contributed by atoms with van der Waals surface area (Å²) < 4.78 is 0.213. The van der Waals surface area contributed by atoms with Gasteiger partial charge in [-0.1, -0.05) is 6.92 Å². The van der Waals surface area contributed by atoms with Gasteiger partial charge in [0.2, 0.25) is 0 Å². The molecule has 4 heteroatoms. The molecule has 0 aromatic carbocycles. The molecule has 1 aliphatic rings. The summed E-state index contributed by atoms with van der Waals surface area (Å²) in [6.07, 6.45) is 2.26. The third-order valence-electron chi connectivity index (χ3n) is 3.40. The molecule has 1 heterocycles. The van der Waals surface area contributed by atoms with Gasteiger partial charge in [0.25, 0.3) is 0 Å². The predicted octanol–water partition coefficient (Wildman–Crippen LogP) is 0.448. The van der Waals surface area contributed by atoms with Crippen molar-refractivity contribution in [2.45, 2.75) is 45.2 Å². The maximum atomic E-state index is 12.0. The maximum absolute atomic E-state index is 12.0. The number of carbonyl (C=O) groups is 2. The van der Waals surface area contributed by atoms with Gasteiger partial charge in [-0.05, 0) is 6.92 Å². The number of likely N-dealkylation sites (tertiary alicyclic amines) is 1. The monoisotopic (exact) mass is 213 g/mol. The lowest BCUT2D eigenvalue weighted by Crippen LogP contribution is -2.60. The van der Waals surface area contributed by atoms with E-state index in [0.717, 1.165) is 19.4 Å². The first-order chi connectivity index (χ1) is 6.93. The number of likely N-dealkylation sites (N-methyl/N-ethyl adjacent to an activating group) is 1. The molecular formula is C11H21N2O2+. The molecule has 15 heavy (non-hydrogen) atoms. The van der Waals surface area contributed by atoms with Crippen LogP contribution in [-0.4, -0.2) is 41.8 Å². The molecule has 4 nitrogen and oxygen atoms in total. The average molecular weight is 213 g/mol. The Bertz CT molecular complexity index is 276. The standard InChI is InChI=1S/C11H21N2O2/c1-4-10(14)9-6-5-7-13(9,3)11(15)8(2)12/h8-9H,4-7,12H2,1-3H3/q+1. The van der Waals surface area contributed by atoms with E-state index in [1.54, 1.807) is 6.92 Å². The van der Waals surface area contributed by atoms with E-state index in [4.69, 9.17) is 5.73 Å². The molecule has 0 aromatic heterocycles. The van der Waals surface area contributed by atoms with Crippen LogP contribution < -0.4 is 5.73 Å². The lowest BCUT2D eigenvalue weighted by atomic mass is 10.1. The normalized spacial score (nSPS) is 32.7. The van der Waals surface area contributed by atoms with Crippen LogP contribution in [0, 0.1) is 0 Å². The van der Waals surface area contributed by atoms with Gasteiger partial charge in [-0.2, -0.15) is 0 Å². The minimum absolute atomic E-state index is 0.0145. The predicted molar refractivity (Wildman–Crippen MR) is 58.0 cm³/mol. The van der Waals surface area contributed by atoms with Crippen LogP contribution in [-0.2, 0) is 9.59 Å². The molecule has 0 aromatic rings. The van der Waals surface area contributed by atoms with Gasteiger partial charge in [-0.25, -0.2) is 4.79 Å². The summed E-state index contributed by atoms with van der Waals surface area (Å²) in [4.78, 5) is 23.7. The third-order valence-corrected chi connectivity index (χ3v) is 3.40. The van der Waals surface area contributed by atoms with Crippen LogP contribution in [0.5, 0.6) is 0 Å². The van der Waals surface area contributed by atoms with Gasteiger partial charge < -0.3 is 5.73 Å². The largest absolute Gasteiger partial charge is 0.330 e. The molecule has 0 bridgehead atoms. The van der Waals surface area contributed by atoms with Crippen molar-refractivity contribution in [3.8, 4) is 0 Å². The third kappa shape index (κ3) is 2.11. The number of Topliss-reactive ketones (excluding diaryl/α,β-unsaturated/α-hetero) is 1. The number of amides is 1. The van der Waals surface area contributed by atoms with E-state index >= 15 is 0 Å². The van der Waals surface area contributed by atoms with Crippen molar-refractivity contribution in [2.24, 2.45) is 5.73 Å². The van der Waals surface area contributed by atoms with Crippen molar-refractivity contribution in [1.82, 2.24) is 0 Å². The zero-order chi connectivity index (χ0) is 11.6. The molecule has 1 aliphatic heterocycles. The Hall–Kier alpha value is -0.740. The smallest absolute Gasteiger partial charge is 0.317 e. The van der Waals surface area contributed by atoms with E-state index in [9.17, 15) is 9.59 Å². The number of quaternary nitrogens is 1. The molecule has 0 radical (unpaired) electrons. The summed E-state index contributed by atoms with van der Waals surface area (Å²) >= 11 is 0. The highest BCUT2D eigenvalue weighted by Gasteiger charge is 2.48. The molecule has 2 N–H and O–H groups in total. The van der Waals surface area contributed by atoms with E-state index in [-0.39, 0.29) is 22.2 Å². The van der Waals surface area contributed by atoms with E-state index in [1.165, 1.54) is 0 Å². The molecule has 0 saturated carbocycles. The molecule has 1 saturated heterocycles. The van der Waals surface area contributed by atoms with Gasteiger partial charge in [-0.3, -0.25) is 9.28 Å². The highest BCUT2D eigenvalue weighted by molar-refractivity contribution is 5.86. The van der Waals surface area contributed by atoms with Crippen molar-refractivity contribution in [1.29, 1.82) is 0 Å². The second-order valence-corrected chi connectivity index (χ2v) is 4.60. The lowest BCUT2D eigenvalue weighted by Gasteiger charge is -2.33. The Morgan fingerprint density at radius 2 is 2.13 bits per heavy atom. The minimum Gasteiger partial charge on any atom is -0.317 e. The number of ketones is 1. The SMILES string of the molecule is CCC(=O)C1CCC[N+]1(C)C(=O)C(C)N. The van der Waals surface area contributed by atoms with Crippen LogP contribution in [0.1, 0.15) is 33.1 Å². The first kappa shape index (κ1) is 12.3. The first-order valence-corrected chi connectivity index (χ1v) is 5.61. The second-order valence-electron chi connectivity index (χ2n) is 4.60. The molecule has 0 spiro atoms. The quantitative estimate of drug-likeness (QED) is 0.692. The van der Waals surface area contributed by atoms with E-state index < -0.39 is 6.04 Å². The zero-order valence-corrected chi connectivity index (χ0v) is 9.82. The molecule has 1 amide bonds. The first-order valence-electron chi connectivity index (χ1n) is 5.61. The molecule has 3 atom stereocenters. The number of hydrogen-bond donors (Lipinski definition) is 1. The number of nitrogens with two attached hydrogens (primary N) is 1. The molecule has 3 unspecified atom stereocenters. The summed E-state index contributed by atoms with van der Waals surface area (Å²) in [5.74, 6) is 0.170. The summed E-state index contributed by atoms with van der Waals surface area (Å²) in [5, 5.41) is 0. The van der Waals surface area contributed by atoms with Crippen molar-refractivity contribution in [3.05, 3.63) is 0 Å². The molecular weight excluding hydrogens is 192 g/mol. The number of rotatable bonds is 3. The number of hydrogen-bond acceptors (Lipinski definition) is 3. The number of nitrogens with zero attached hydrogens (tertiary/aromatic N) is 1. The van der Waals surface area contributed by atoms with Crippen molar-refractivity contribution in [3.63, 3.8) is 0 Å². The Labute approximate surface area is 91.0 Å². The Morgan fingerprint density at radius 1 is 1.53 bits per heavy atom. The van der Waals surface area contributed by atoms with Crippen molar-refractivity contribution < 1.29 is 14.1 Å². The molecule has 0 aliphatic carbocycles. The van der Waals surface area contributed by atoms with Crippen LogP contribution in [0.15, 0.2) is 0 Å². The Kier molecular flexibility index (Phi) is 3.62. The maximum Gasteiger partial charge on any atom is 0.330 e. The summed E-state index contributed by atoms with van der Waals surface area (Å²) in [5.41, 5.74) is 5.63.